The molecular weight excluding hydrogens is 432 g/mol. The Kier molecular flexibility index (Phi) is 5.82. The molecule has 9 heteroatoms. The molecule has 0 aliphatic carbocycles. The number of rotatable bonds is 6. The zero-order valence-corrected chi connectivity index (χ0v) is 18.2. The van der Waals surface area contributed by atoms with Gasteiger partial charge in [-0.25, -0.2) is 13.8 Å². The van der Waals surface area contributed by atoms with Crippen molar-refractivity contribution in [2.24, 2.45) is 0 Å². The first kappa shape index (κ1) is 21.7. The lowest BCUT2D eigenvalue weighted by Gasteiger charge is -2.32. The molecule has 0 aliphatic rings. The minimum Gasteiger partial charge on any atom is -0.380 e. The Balaban J connectivity index is 1.75. The molecule has 2 atom stereocenters. The molecule has 2 aromatic heterocycles. The summed E-state index contributed by atoms with van der Waals surface area (Å²) in [6, 6.07) is 12.1. The van der Waals surface area contributed by atoms with Crippen LogP contribution in [0.15, 0.2) is 54.2 Å². The summed E-state index contributed by atoms with van der Waals surface area (Å²) in [6.07, 6.45) is 1.49. The molecule has 32 heavy (non-hydrogen) atoms. The van der Waals surface area contributed by atoms with Crippen molar-refractivity contribution in [3.8, 4) is 17.3 Å². The molecule has 0 saturated carbocycles. The van der Waals surface area contributed by atoms with Crippen molar-refractivity contribution in [1.29, 1.82) is 5.26 Å². The number of thiazole rings is 1. The minimum absolute atomic E-state index is 0.0822. The van der Waals surface area contributed by atoms with E-state index in [-0.39, 0.29) is 12.1 Å². The van der Waals surface area contributed by atoms with Crippen molar-refractivity contribution in [3.63, 3.8) is 0 Å². The normalized spacial score (nSPS) is 14.0. The van der Waals surface area contributed by atoms with Crippen molar-refractivity contribution in [1.82, 2.24) is 15.1 Å². The lowest BCUT2D eigenvalue weighted by Crippen LogP contribution is -2.50. The van der Waals surface area contributed by atoms with Gasteiger partial charge in [-0.05, 0) is 35.3 Å². The smallest absolute Gasteiger partial charge is 0.307 e. The van der Waals surface area contributed by atoms with E-state index in [4.69, 9.17) is 5.26 Å². The van der Waals surface area contributed by atoms with Gasteiger partial charge in [0.25, 0.3) is 0 Å². The fraction of sp³-hybridized carbons (Fsp3) is 0.217. The van der Waals surface area contributed by atoms with Gasteiger partial charge in [0, 0.05) is 29.3 Å². The van der Waals surface area contributed by atoms with E-state index in [1.165, 1.54) is 22.3 Å². The summed E-state index contributed by atoms with van der Waals surface area (Å²) >= 11 is 1.32. The summed E-state index contributed by atoms with van der Waals surface area (Å²) in [5.41, 5.74) is 0.0711. The third-order valence-electron chi connectivity index (χ3n) is 5.42. The van der Waals surface area contributed by atoms with Crippen LogP contribution in [-0.4, -0.2) is 20.2 Å². The number of hydrogen-bond acceptors (Lipinski definition) is 5. The summed E-state index contributed by atoms with van der Waals surface area (Å²) in [7, 11) is 0. The number of benzene rings is 2. The van der Waals surface area contributed by atoms with Crippen molar-refractivity contribution in [2.45, 2.75) is 31.9 Å². The molecule has 0 fully saturated rings. The van der Waals surface area contributed by atoms with Gasteiger partial charge in [-0.2, -0.15) is 15.0 Å². The zero-order valence-electron chi connectivity index (χ0n) is 17.4. The maximum Gasteiger partial charge on any atom is 0.307 e. The maximum absolute atomic E-state index is 14.8. The van der Waals surface area contributed by atoms with Crippen LogP contribution < -0.4 is 4.68 Å². The van der Waals surface area contributed by atoms with Crippen LogP contribution in [0.3, 0.4) is 0 Å². The van der Waals surface area contributed by atoms with E-state index in [0.717, 1.165) is 23.8 Å². The summed E-state index contributed by atoms with van der Waals surface area (Å²) < 4.78 is 30.4. The molecule has 4 rings (SSSR count). The number of nitriles is 1. The van der Waals surface area contributed by atoms with Crippen molar-refractivity contribution in [2.75, 3.05) is 0 Å². The summed E-state index contributed by atoms with van der Waals surface area (Å²) in [5, 5.41) is 26.1. The Morgan fingerprint density at radius 1 is 1.25 bits per heavy atom. The van der Waals surface area contributed by atoms with Gasteiger partial charge in [0.1, 0.15) is 23.8 Å². The van der Waals surface area contributed by atoms with Gasteiger partial charge < -0.3 is 5.11 Å². The molecule has 0 aliphatic heterocycles. The van der Waals surface area contributed by atoms with E-state index < -0.39 is 23.2 Å². The topological polar surface area (TPSA) is 89.5 Å². The summed E-state index contributed by atoms with van der Waals surface area (Å²) in [5.74, 6) is -1.40. The summed E-state index contributed by atoms with van der Waals surface area (Å²) in [6.45, 7) is 3.41. The highest BCUT2D eigenvalue weighted by Crippen LogP contribution is 2.40. The molecular formula is C23H20F2N5OS+. The molecule has 2 N–H and O–H groups in total. The van der Waals surface area contributed by atoms with E-state index in [1.807, 2.05) is 5.38 Å². The van der Waals surface area contributed by atoms with Crippen LogP contribution in [0.1, 0.15) is 34.8 Å². The molecule has 2 heterocycles. The molecule has 0 bridgehead atoms. The van der Waals surface area contributed by atoms with Gasteiger partial charge in [-0.15, -0.1) is 11.3 Å². The quantitative estimate of drug-likeness (QED) is 0.433. The second-order valence-electron chi connectivity index (χ2n) is 7.60. The van der Waals surface area contributed by atoms with E-state index in [2.05, 4.69) is 21.1 Å². The third kappa shape index (κ3) is 4.15. The molecule has 2 aromatic carbocycles. The number of halogens is 2. The standard InChI is InChI=1S/C23H19F2N5OS/c1-14(22-28-21(11-32-22)17-5-3-16(10-26)4-6-17)23(31,12-30-13-27-15(2)29-30)19-9-18(24)7-8-20(19)25/h3-9,11,13-14,31H,12H2,1-2H3/p+1/t14-,23+/m0/s1. The number of H-pyrrole nitrogens is 1. The molecule has 4 aromatic rings. The second-order valence-corrected chi connectivity index (χ2v) is 8.49. The van der Waals surface area contributed by atoms with E-state index >= 15 is 0 Å². The lowest BCUT2D eigenvalue weighted by atomic mass is 9.82. The molecule has 0 radical (unpaired) electrons. The highest BCUT2D eigenvalue weighted by atomic mass is 32.1. The Morgan fingerprint density at radius 3 is 2.66 bits per heavy atom. The van der Waals surface area contributed by atoms with Gasteiger partial charge in [-0.3, -0.25) is 0 Å². The average molecular weight is 453 g/mol. The SMILES string of the molecule is Cc1nc[n+](C[C@](O)(c2cc(F)ccc2F)[C@@H](C)c2nc(-c3ccc(C#N)cc3)cs2)[nH]1. The summed E-state index contributed by atoms with van der Waals surface area (Å²) in [4.78, 5) is 8.77. The number of nitrogens with one attached hydrogen (secondary N) is 1. The van der Waals surface area contributed by atoms with Gasteiger partial charge in [0.2, 0.25) is 5.82 Å². The highest BCUT2D eigenvalue weighted by molar-refractivity contribution is 7.10. The predicted molar refractivity (Wildman–Crippen MR) is 114 cm³/mol. The van der Waals surface area contributed by atoms with E-state index in [9.17, 15) is 13.9 Å². The maximum atomic E-state index is 14.8. The zero-order chi connectivity index (χ0) is 22.9. The molecule has 0 saturated heterocycles. The monoisotopic (exact) mass is 452 g/mol. The average Bonchev–Trinajstić information content (AvgIpc) is 3.44. The number of aromatic amines is 1. The van der Waals surface area contributed by atoms with E-state index in [0.29, 0.717) is 22.1 Å². The largest absolute Gasteiger partial charge is 0.380 e. The fourth-order valence-electron chi connectivity index (χ4n) is 3.59. The Labute approximate surface area is 187 Å². The number of hydrogen-bond donors (Lipinski definition) is 2. The van der Waals surface area contributed by atoms with Gasteiger partial charge in [0.15, 0.2) is 0 Å². The first-order valence-electron chi connectivity index (χ1n) is 9.85. The van der Waals surface area contributed by atoms with Crippen LogP contribution >= 0.6 is 11.3 Å². The first-order chi connectivity index (χ1) is 15.3. The van der Waals surface area contributed by atoms with Crippen molar-refractivity contribution in [3.05, 3.63) is 87.8 Å². The molecule has 0 spiro atoms. The van der Waals surface area contributed by atoms with Crippen molar-refractivity contribution < 1.29 is 18.6 Å². The van der Waals surface area contributed by atoms with Crippen LogP contribution in [0.4, 0.5) is 8.78 Å². The Bertz CT molecular complexity index is 1290. The van der Waals surface area contributed by atoms with Gasteiger partial charge >= 0.3 is 6.33 Å². The molecule has 0 unspecified atom stereocenters. The molecule has 0 amide bonds. The number of aliphatic hydroxyl groups is 1. The van der Waals surface area contributed by atoms with Gasteiger partial charge in [0.05, 0.1) is 22.3 Å². The van der Waals surface area contributed by atoms with Crippen LogP contribution in [0.25, 0.3) is 11.3 Å². The minimum atomic E-state index is -1.81. The Hall–Kier alpha value is -3.48. The molecule has 6 nitrogen and oxygen atoms in total. The first-order valence-corrected chi connectivity index (χ1v) is 10.7. The lowest BCUT2D eigenvalue weighted by molar-refractivity contribution is -0.765. The second kappa shape index (κ2) is 8.57. The van der Waals surface area contributed by atoms with Crippen LogP contribution in [0, 0.1) is 29.9 Å². The van der Waals surface area contributed by atoms with E-state index in [1.54, 1.807) is 38.1 Å². The van der Waals surface area contributed by atoms with Crippen LogP contribution in [-0.2, 0) is 12.1 Å². The number of aromatic nitrogens is 4. The van der Waals surface area contributed by atoms with Crippen LogP contribution in [0.5, 0.6) is 0 Å². The predicted octanol–water partition coefficient (Wildman–Crippen LogP) is 3.97. The highest BCUT2D eigenvalue weighted by Gasteiger charge is 2.43. The number of nitrogens with zero attached hydrogens (tertiary/aromatic N) is 4. The van der Waals surface area contributed by atoms with Gasteiger partial charge in [-0.1, -0.05) is 19.1 Å². The van der Waals surface area contributed by atoms with Crippen molar-refractivity contribution >= 4 is 11.3 Å². The number of aryl methyl sites for hydroxylation is 1. The Morgan fingerprint density at radius 2 is 2.00 bits per heavy atom. The van der Waals surface area contributed by atoms with Crippen LogP contribution in [0.2, 0.25) is 0 Å². The third-order valence-corrected chi connectivity index (χ3v) is 6.45. The molecule has 162 valence electrons. The fourth-order valence-corrected chi connectivity index (χ4v) is 4.56.